The Morgan fingerprint density at radius 3 is 2.46 bits per heavy atom. The number of hydrogen-bond acceptors (Lipinski definition) is 3. The Morgan fingerprint density at radius 2 is 1.83 bits per heavy atom. The van der Waals surface area contributed by atoms with Gasteiger partial charge in [-0.05, 0) is 44.7 Å². The number of ether oxygens (including phenoxy) is 1. The van der Waals surface area contributed by atoms with Gasteiger partial charge in [0, 0.05) is 19.2 Å². The minimum Gasteiger partial charge on any atom is -0.381 e. The van der Waals surface area contributed by atoms with Crippen molar-refractivity contribution in [1.82, 2.24) is 14.7 Å². The Hall–Kier alpha value is -2.14. The quantitative estimate of drug-likeness (QED) is 0.872. The van der Waals surface area contributed by atoms with Gasteiger partial charge in [-0.25, -0.2) is 4.68 Å². The number of methoxy groups -OCH3 is 1. The van der Waals surface area contributed by atoms with E-state index in [1.54, 1.807) is 13.3 Å². The predicted octanol–water partition coefficient (Wildman–Crippen LogP) is 2.96. The summed E-state index contributed by atoms with van der Waals surface area (Å²) in [6.07, 6.45) is 6.08. The van der Waals surface area contributed by atoms with Crippen LogP contribution in [0.1, 0.15) is 41.7 Å². The Morgan fingerprint density at radius 1 is 1.17 bits per heavy atom. The summed E-state index contributed by atoms with van der Waals surface area (Å²) in [6, 6.07) is 10.6. The molecule has 126 valence electrons. The molecule has 2 aromatic rings. The Kier molecular flexibility index (Phi) is 3.88. The first-order valence-corrected chi connectivity index (χ1v) is 8.64. The van der Waals surface area contributed by atoms with Gasteiger partial charge in [0.05, 0.1) is 29.2 Å². The monoisotopic (exact) mass is 325 g/mol. The maximum absolute atomic E-state index is 13.2. The van der Waals surface area contributed by atoms with Crippen LogP contribution in [0.3, 0.4) is 0 Å². The summed E-state index contributed by atoms with van der Waals surface area (Å²) in [7, 11) is 1.77. The molecule has 2 aliphatic heterocycles. The third-order valence-electron chi connectivity index (χ3n) is 5.50. The van der Waals surface area contributed by atoms with E-state index in [4.69, 9.17) is 4.74 Å². The summed E-state index contributed by atoms with van der Waals surface area (Å²) < 4.78 is 7.38. The molecule has 2 fully saturated rings. The zero-order chi connectivity index (χ0) is 16.7. The number of nitrogens with zero attached hydrogens (tertiary/aromatic N) is 3. The number of para-hydroxylation sites is 1. The van der Waals surface area contributed by atoms with Gasteiger partial charge in [-0.3, -0.25) is 4.79 Å². The molecule has 5 nitrogen and oxygen atoms in total. The largest absolute Gasteiger partial charge is 0.381 e. The van der Waals surface area contributed by atoms with Crippen molar-refractivity contribution in [3.05, 3.63) is 47.8 Å². The third-order valence-corrected chi connectivity index (χ3v) is 5.50. The second-order valence-electron chi connectivity index (χ2n) is 6.82. The SMILES string of the molecule is COC1CC2CCC(C1)N2C(=O)c1cnn(-c2ccccc2)c1C. The van der Waals surface area contributed by atoms with Crippen LogP contribution in [-0.4, -0.2) is 45.9 Å². The number of piperidine rings is 1. The van der Waals surface area contributed by atoms with E-state index in [0.29, 0.717) is 23.8 Å². The highest BCUT2D eigenvalue weighted by molar-refractivity contribution is 5.96. The van der Waals surface area contributed by atoms with Gasteiger partial charge >= 0.3 is 0 Å². The van der Waals surface area contributed by atoms with Gasteiger partial charge < -0.3 is 9.64 Å². The molecule has 2 atom stereocenters. The molecule has 1 aromatic carbocycles. The van der Waals surface area contributed by atoms with Crippen molar-refractivity contribution in [2.24, 2.45) is 0 Å². The molecule has 5 heteroatoms. The lowest BCUT2D eigenvalue weighted by atomic mass is 9.98. The third kappa shape index (κ3) is 2.44. The van der Waals surface area contributed by atoms with Gasteiger partial charge in [0.1, 0.15) is 0 Å². The Bertz CT molecular complexity index is 726. The first-order valence-electron chi connectivity index (χ1n) is 8.64. The van der Waals surface area contributed by atoms with Gasteiger partial charge in [-0.2, -0.15) is 5.10 Å². The second-order valence-corrected chi connectivity index (χ2v) is 6.82. The lowest BCUT2D eigenvalue weighted by Gasteiger charge is -2.38. The number of amides is 1. The smallest absolute Gasteiger partial charge is 0.257 e. The number of carbonyl (C=O) groups excluding carboxylic acids is 1. The summed E-state index contributed by atoms with van der Waals surface area (Å²) in [5.74, 6) is 0.122. The lowest BCUT2D eigenvalue weighted by molar-refractivity contribution is 0.00819. The first kappa shape index (κ1) is 15.4. The fourth-order valence-electron chi connectivity index (χ4n) is 4.24. The molecular formula is C19H23N3O2. The van der Waals surface area contributed by atoms with Crippen molar-refractivity contribution in [3.8, 4) is 5.69 Å². The molecule has 24 heavy (non-hydrogen) atoms. The normalized spacial score (nSPS) is 25.9. The summed E-state index contributed by atoms with van der Waals surface area (Å²) in [6.45, 7) is 1.97. The van der Waals surface area contributed by atoms with Crippen molar-refractivity contribution in [3.63, 3.8) is 0 Å². The maximum Gasteiger partial charge on any atom is 0.257 e. The highest BCUT2D eigenvalue weighted by atomic mass is 16.5. The van der Waals surface area contributed by atoms with Crippen molar-refractivity contribution < 1.29 is 9.53 Å². The van der Waals surface area contributed by atoms with Gasteiger partial charge in [-0.15, -0.1) is 0 Å². The van der Waals surface area contributed by atoms with Gasteiger partial charge in [0.2, 0.25) is 0 Å². The Balaban J connectivity index is 1.61. The Labute approximate surface area is 142 Å². The minimum absolute atomic E-state index is 0.122. The van der Waals surface area contributed by atoms with Crippen molar-refractivity contribution in [2.75, 3.05) is 7.11 Å². The minimum atomic E-state index is 0.122. The van der Waals surface area contributed by atoms with Crippen LogP contribution in [0.5, 0.6) is 0 Å². The van der Waals surface area contributed by atoms with E-state index in [1.165, 1.54) is 0 Å². The average Bonchev–Trinajstić information content (AvgIpc) is 3.12. The molecule has 0 N–H and O–H groups in total. The van der Waals surface area contributed by atoms with Crippen LogP contribution in [0.4, 0.5) is 0 Å². The number of hydrogen-bond donors (Lipinski definition) is 0. The molecule has 2 aliphatic rings. The number of fused-ring (bicyclic) bond motifs is 2. The second kappa shape index (κ2) is 6.06. The lowest BCUT2D eigenvalue weighted by Crippen LogP contribution is -2.48. The van der Waals surface area contributed by atoms with Crippen LogP contribution >= 0.6 is 0 Å². The van der Waals surface area contributed by atoms with E-state index in [0.717, 1.165) is 37.1 Å². The van der Waals surface area contributed by atoms with E-state index in [9.17, 15) is 4.79 Å². The summed E-state index contributed by atoms with van der Waals surface area (Å²) in [5.41, 5.74) is 2.60. The van der Waals surface area contributed by atoms with Crippen molar-refractivity contribution in [2.45, 2.75) is 50.8 Å². The van der Waals surface area contributed by atoms with Crippen LogP contribution in [0.15, 0.2) is 36.5 Å². The van der Waals surface area contributed by atoms with Gasteiger partial charge in [0.25, 0.3) is 5.91 Å². The molecule has 0 radical (unpaired) electrons. The van der Waals surface area contributed by atoms with Crippen LogP contribution in [0.2, 0.25) is 0 Å². The molecule has 2 unspecified atom stereocenters. The summed E-state index contributed by atoms with van der Waals surface area (Å²) in [4.78, 5) is 15.2. The van der Waals surface area contributed by atoms with E-state index >= 15 is 0 Å². The molecule has 2 bridgehead atoms. The molecule has 4 rings (SSSR count). The molecule has 0 aliphatic carbocycles. The standard InChI is InChI=1S/C19H23N3O2/c1-13-18(12-20-22(13)14-6-4-3-5-7-14)19(23)21-15-8-9-16(21)11-17(10-15)24-2/h3-7,12,15-17H,8-11H2,1-2H3. The molecule has 1 aromatic heterocycles. The number of rotatable bonds is 3. The number of aromatic nitrogens is 2. The molecular weight excluding hydrogens is 302 g/mol. The topological polar surface area (TPSA) is 47.4 Å². The van der Waals surface area contributed by atoms with Gasteiger partial charge in [-0.1, -0.05) is 18.2 Å². The summed E-state index contributed by atoms with van der Waals surface area (Å²) in [5, 5.41) is 4.45. The fourth-order valence-corrected chi connectivity index (χ4v) is 4.24. The van der Waals surface area contributed by atoms with Crippen molar-refractivity contribution in [1.29, 1.82) is 0 Å². The molecule has 0 spiro atoms. The highest BCUT2D eigenvalue weighted by Crippen LogP contribution is 2.38. The van der Waals surface area contributed by atoms with Crippen LogP contribution < -0.4 is 0 Å². The highest BCUT2D eigenvalue weighted by Gasteiger charge is 2.44. The zero-order valence-corrected chi connectivity index (χ0v) is 14.2. The molecule has 2 saturated heterocycles. The van der Waals surface area contributed by atoms with E-state index < -0.39 is 0 Å². The van der Waals surface area contributed by atoms with E-state index in [1.807, 2.05) is 41.9 Å². The summed E-state index contributed by atoms with van der Waals surface area (Å²) >= 11 is 0. The van der Waals surface area contributed by atoms with Crippen molar-refractivity contribution >= 4 is 5.91 Å². The van der Waals surface area contributed by atoms with Crippen LogP contribution in [0, 0.1) is 6.92 Å². The molecule has 0 saturated carbocycles. The van der Waals surface area contributed by atoms with E-state index in [-0.39, 0.29) is 5.91 Å². The average molecular weight is 325 g/mol. The van der Waals surface area contributed by atoms with Gasteiger partial charge in [0.15, 0.2) is 0 Å². The zero-order valence-electron chi connectivity index (χ0n) is 14.2. The molecule has 1 amide bonds. The molecule has 3 heterocycles. The van der Waals surface area contributed by atoms with E-state index in [2.05, 4.69) is 10.00 Å². The number of carbonyl (C=O) groups is 1. The first-order chi connectivity index (χ1) is 11.7. The fraction of sp³-hybridized carbons (Fsp3) is 0.474. The number of benzene rings is 1. The predicted molar refractivity (Wildman–Crippen MR) is 91.3 cm³/mol. The van der Waals surface area contributed by atoms with Crippen LogP contribution in [-0.2, 0) is 4.74 Å². The van der Waals surface area contributed by atoms with Crippen LogP contribution in [0.25, 0.3) is 5.69 Å². The maximum atomic E-state index is 13.2.